The van der Waals surface area contributed by atoms with Gasteiger partial charge in [0.05, 0.1) is 45.6 Å². The highest BCUT2D eigenvalue weighted by molar-refractivity contribution is 6.34. The number of benzene rings is 10. The third kappa shape index (κ3) is 5.04. The average Bonchev–Trinajstić information content (AvgIpc) is 4.06. The van der Waals surface area contributed by atoms with Crippen molar-refractivity contribution in [1.82, 2.24) is 14.1 Å². The summed E-state index contributed by atoms with van der Waals surface area (Å²) in [4.78, 5) is 9.08. The van der Waals surface area contributed by atoms with Gasteiger partial charge in [-0.05, 0) is 86.9 Å². The van der Waals surface area contributed by atoms with Crippen LogP contribution in [-0.2, 0) is 0 Å². The van der Waals surface area contributed by atoms with Gasteiger partial charge in [-0.1, -0.05) is 140 Å². The monoisotopic (exact) mass is 851 g/mol. The molecule has 0 fully saturated rings. The number of nitrogens with zero attached hydrogens (tertiary/aromatic N) is 5. The minimum absolute atomic E-state index is 0.405. The Balaban J connectivity index is 1.18. The maximum Gasteiger partial charge on any atom is 0.220 e. The van der Waals surface area contributed by atoms with Crippen molar-refractivity contribution in [3.63, 3.8) is 0 Å². The zero-order chi connectivity index (χ0) is 44.3. The molecular formula is C61H33N5O. The first-order valence-electron chi connectivity index (χ1n) is 22.3. The van der Waals surface area contributed by atoms with Gasteiger partial charge in [-0.3, -0.25) is 4.98 Å². The van der Waals surface area contributed by atoms with Crippen LogP contribution in [0.1, 0.15) is 5.56 Å². The van der Waals surface area contributed by atoms with Crippen molar-refractivity contribution in [3.8, 4) is 50.8 Å². The van der Waals surface area contributed by atoms with Crippen molar-refractivity contribution < 1.29 is 4.42 Å². The van der Waals surface area contributed by atoms with E-state index in [0.29, 0.717) is 28.2 Å². The summed E-state index contributed by atoms with van der Waals surface area (Å²) in [5.41, 5.74) is 13.0. The molecule has 14 aromatic rings. The van der Waals surface area contributed by atoms with E-state index in [4.69, 9.17) is 4.42 Å². The summed E-state index contributed by atoms with van der Waals surface area (Å²) in [6, 6.07) is 67.6. The fourth-order valence-corrected chi connectivity index (χ4v) is 11.2. The van der Waals surface area contributed by atoms with Gasteiger partial charge < -0.3 is 13.6 Å². The summed E-state index contributed by atoms with van der Waals surface area (Å²) in [6.07, 6.45) is 3.82. The van der Waals surface area contributed by atoms with E-state index in [-0.39, 0.29) is 0 Å². The van der Waals surface area contributed by atoms with E-state index in [1.165, 1.54) is 0 Å². The van der Waals surface area contributed by atoms with Gasteiger partial charge >= 0.3 is 0 Å². The van der Waals surface area contributed by atoms with E-state index < -0.39 is 0 Å². The Morgan fingerprint density at radius 1 is 0.463 bits per heavy atom. The van der Waals surface area contributed by atoms with Crippen molar-refractivity contribution in [2.24, 2.45) is 0 Å². The lowest BCUT2D eigenvalue weighted by Gasteiger charge is -2.25. The summed E-state index contributed by atoms with van der Waals surface area (Å²) in [6.45, 7) is 9.22. The van der Waals surface area contributed by atoms with Crippen molar-refractivity contribution in [3.05, 3.63) is 217 Å². The van der Waals surface area contributed by atoms with Gasteiger partial charge in [-0.25, -0.2) is 4.85 Å². The Labute approximate surface area is 383 Å². The summed E-state index contributed by atoms with van der Waals surface area (Å²) < 4.78 is 10.9. The summed E-state index contributed by atoms with van der Waals surface area (Å²) in [7, 11) is 0. The fraction of sp³-hybridized carbons (Fsp3) is 0. The van der Waals surface area contributed by atoms with Crippen LogP contribution < -0.4 is 0 Å². The van der Waals surface area contributed by atoms with Crippen LogP contribution in [0.4, 0.5) is 5.69 Å². The van der Waals surface area contributed by atoms with Gasteiger partial charge in [0.1, 0.15) is 17.2 Å². The van der Waals surface area contributed by atoms with Crippen molar-refractivity contribution in [1.29, 1.82) is 5.26 Å². The second-order valence-corrected chi connectivity index (χ2v) is 17.1. The molecule has 4 aromatic heterocycles. The third-order valence-electron chi connectivity index (χ3n) is 13.8. The molecule has 14 rings (SSSR count). The molecule has 308 valence electrons. The predicted molar refractivity (Wildman–Crippen MR) is 274 cm³/mol. The minimum atomic E-state index is 0.405. The van der Waals surface area contributed by atoms with E-state index in [1.54, 1.807) is 0 Å². The smallest absolute Gasteiger partial charge is 0.220 e. The predicted octanol–water partition coefficient (Wildman–Crippen LogP) is 16.3. The molecule has 10 aromatic carbocycles. The van der Waals surface area contributed by atoms with Gasteiger partial charge in [-0.15, -0.1) is 0 Å². The second kappa shape index (κ2) is 14.0. The molecular weight excluding hydrogens is 819 g/mol. The Morgan fingerprint density at radius 3 is 1.81 bits per heavy atom. The lowest BCUT2D eigenvalue weighted by atomic mass is 9.88. The van der Waals surface area contributed by atoms with E-state index in [1.807, 2.05) is 79.1 Å². The molecule has 0 radical (unpaired) electrons. The molecule has 0 unspecified atom stereocenters. The van der Waals surface area contributed by atoms with Crippen molar-refractivity contribution >= 4 is 92.8 Å². The third-order valence-corrected chi connectivity index (χ3v) is 13.8. The van der Waals surface area contributed by atoms with E-state index in [2.05, 4.69) is 146 Å². The highest BCUT2D eigenvalue weighted by Crippen LogP contribution is 2.53. The first kappa shape index (κ1) is 36.9. The number of aromatic nitrogens is 3. The molecule has 0 saturated heterocycles. The number of furan rings is 1. The maximum absolute atomic E-state index is 11.8. The Hall–Kier alpha value is -9.49. The standard InChI is InChI=1S/C61H33N5O/c1-63-59-54(36-15-4-2-5-16-36)46(34-62)60(65-48-24-10-8-19-41(48)45-33-38(29-30-49(45)65)39-21-14-28-53-56(39)44-20-9-11-27-52(44)67-53)55(37-17-6-3-7-18-37)61(59)66-50-25-12-22-42-40-31-32-64-35-47(40)43-23-13-26-51(66)58(43)57(42)50/h2-33,35H. The summed E-state index contributed by atoms with van der Waals surface area (Å²) >= 11 is 0. The molecule has 0 atom stereocenters. The van der Waals surface area contributed by atoms with E-state index in [0.717, 1.165) is 115 Å². The summed E-state index contributed by atoms with van der Waals surface area (Å²) in [5.74, 6) is 0. The Morgan fingerprint density at radius 2 is 1.06 bits per heavy atom. The van der Waals surface area contributed by atoms with E-state index in [9.17, 15) is 11.8 Å². The van der Waals surface area contributed by atoms with Crippen LogP contribution in [0.3, 0.4) is 0 Å². The van der Waals surface area contributed by atoms with Crippen LogP contribution in [0.25, 0.3) is 137 Å². The lowest BCUT2D eigenvalue weighted by Crippen LogP contribution is -2.08. The van der Waals surface area contributed by atoms with Crippen LogP contribution in [0.5, 0.6) is 0 Å². The molecule has 6 heteroatoms. The molecule has 0 spiro atoms. The average molecular weight is 852 g/mol. The Kier molecular flexibility index (Phi) is 7.72. The molecule has 0 saturated carbocycles. The summed E-state index contributed by atoms with van der Waals surface area (Å²) in [5, 5.41) is 22.7. The number of para-hydroxylation sites is 2. The number of pyridine rings is 1. The van der Waals surface area contributed by atoms with Crippen molar-refractivity contribution in [2.45, 2.75) is 0 Å². The van der Waals surface area contributed by atoms with Gasteiger partial charge in [0.15, 0.2) is 0 Å². The Bertz CT molecular complexity index is 4380. The molecule has 0 aliphatic carbocycles. The molecule has 0 bridgehead atoms. The SMILES string of the molecule is [C-]#[N+]c1c(-c2ccccc2)c(C#N)c(-n2c3ccccc3c3cc(-c4cccc5oc6ccccc6c45)ccc32)c(-c2ccccc2)c1-n1c2cccc3c4ccncc4c4cccc1c4c32. The minimum Gasteiger partial charge on any atom is -0.456 e. The zero-order valence-electron chi connectivity index (χ0n) is 35.7. The van der Waals surface area contributed by atoms with Gasteiger partial charge in [0.2, 0.25) is 5.69 Å². The van der Waals surface area contributed by atoms with Crippen molar-refractivity contribution in [2.75, 3.05) is 0 Å². The normalized spacial score (nSPS) is 11.9. The van der Waals surface area contributed by atoms with Crippen LogP contribution in [0.2, 0.25) is 0 Å². The van der Waals surface area contributed by atoms with Gasteiger partial charge in [0, 0.05) is 61.2 Å². The van der Waals surface area contributed by atoms with Crippen LogP contribution in [0.15, 0.2) is 205 Å². The number of nitriles is 1. The maximum atomic E-state index is 11.8. The first-order chi connectivity index (χ1) is 33.2. The number of hydrogen-bond acceptors (Lipinski definition) is 3. The van der Waals surface area contributed by atoms with Gasteiger partial charge in [0.25, 0.3) is 0 Å². The molecule has 0 aliphatic rings. The fourth-order valence-electron chi connectivity index (χ4n) is 11.2. The number of rotatable bonds is 5. The molecule has 4 heterocycles. The topological polar surface area (TPSA) is 64.0 Å². The quantitative estimate of drug-likeness (QED) is 0.128. The highest BCUT2D eigenvalue weighted by Gasteiger charge is 2.32. The largest absolute Gasteiger partial charge is 0.456 e. The molecule has 0 amide bonds. The lowest BCUT2D eigenvalue weighted by molar-refractivity contribution is 0.669. The van der Waals surface area contributed by atoms with E-state index >= 15 is 0 Å². The molecule has 0 aliphatic heterocycles. The van der Waals surface area contributed by atoms with Crippen LogP contribution >= 0.6 is 0 Å². The highest BCUT2D eigenvalue weighted by atomic mass is 16.3. The zero-order valence-corrected chi connectivity index (χ0v) is 35.7. The molecule has 0 N–H and O–H groups in total. The first-order valence-corrected chi connectivity index (χ1v) is 22.3. The van der Waals surface area contributed by atoms with Crippen LogP contribution in [-0.4, -0.2) is 14.1 Å². The number of fused-ring (bicyclic) bond motifs is 9. The molecule has 67 heavy (non-hydrogen) atoms. The van der Waals surface area contributed by atoms with Crippen LogP contribution in [0, 0.1) is 17.9 Å². The molecule has 6 nitrogen and oxygen atoms in total. The number of hydrogen-bond donors (Lipinski definition) is 0. The van der Waals surface area contributed by atoms with Gasteiger partial charge in [-0.2, -0.15) is 5.26 Å². The second-order valence-electron chi connectivity index (χ2n) is 17.1.